The highest BCUT2D eigenvalue weighted by molar-refractivity contribution is 7.80. The van der Waals surface area contributed by atoms with Crippen LogP contribution < -0.4 is 19.9 Å². The minimum absolute atomic E-state index is 0.189. The third-order valence-corrected chi connectivity index (χ3v) is 10.1. The topological polar surface area (TPSA) is 98.6 Å². The van der Waals surface area contributed by atoms with Gasteiger partial charge in [-0.1, -0.05) is 29.3 Å². The van der Waals surface area contributed by atoms with E-state index in [1.54, 1.807) is 37.4 Å². The van der Waals surface area contributed by atoms with E-state index in [4.69, 9.17) is 59.1 Å². The lowest BCUT2D eigenvalue weighted by atomic mass is 10.1. The van der Waals surface area contributed by atoms with Crippen LogP contribution in [0.5, 0.6) is 5.75 Å². The van der Waals surface area contributed by atoms with Crippen molar-refractivity contribution in [3.63, 3.8) is 0 Å². The van der Waals surface area contributed by atoms with E-state index in [1.165, 1.54) is 12.0 Å². The number of methoxy groups -OCH3 is 2. The first kappa shape index (κ1) is 38.0. The van der Waals surface area contributed by atoms with E-state index in [2.05, 4.69) is 80.3 Å². The maximum atomic E-state index is 6.59. The predicted molar refractivity (Wildman–Crippen MR) is 208 cm³/mol. The van der Waals surface area contributed by atoms with Crippen molar-refractivity contribution in [1.29, 1.82) is 0 Å². The highest BCUT2D eigenvalue weighted by Gasteiger charge is 2.45. The first-order valence-electron chi connectivity index (χ1n) is 17.2. The lowest BCUT2D eigenvalue weighted by Crippen LogP contribution is -2.46. The van der Waals surface area contributed by atoms with Crippen molar-refractivity contribution in [2.45, 2.75) is 44.6 Å². The Kier molecular flexibility index (Phi) is 12.7. The Bertz CT molecular complexity index is 1740. The zero-order valence-corrected chi connectivity index (χ0v) is 32.1. The Balaban J connectivity index is 0.984. The van der Waals surface area contributed by atoms with Gasteiger partial charge in [-0.25, -0.2) is 9.67 Å². The molecule has 0 aliphatic carbocycles. The molecular weight excluding hydrogens is 725 g/mol. The smallest absolute Gasteiger partial charge is 0.217 e. The van der Waals surface area contributed by atoms with Crippen LogP contribution in [0.4, 0.5) is 17.1 Å². The van der Waals surface area contributed by atoms with Crippen LogP contribution in [0, 0.1) is 0 Å². The van der Waals surface area contributed by atoms with Crippen molar-refractivity contribution < 1.29 is 23.7 Å². The van der Waals surface area contributed by atoms with Gasteiger partial charge in [-0.05, 0) is 86.7 Å². The first-order chi connectivity index (χ1) is 25.2. The molecule has 3 aromatic carbocycles. The standard InChI is InChI=1S/C37H45Cl2N7O5S/c1-26(2)46(20-35(47-3)48-4)36(52)42-28-6-8-29(9-7-28)43-15-17-44(18-16-43)30-10-12-31(13-11-30)49-21-32-22-50-37(51-32,23-45-25-40-24-41-45)33-14-5-27(38)19-34(33)39/h5-14,19,24-26,32,35H,15-18,20-23H2,1-4H3,(H,42,52)/t32-,37-/m1/s1. The van der Waals surface area contributed by atoms with Crippen molar-refractivity contribution >= 4 is 57.6 Å². The molecular formula is C37H45Cl2N7O5S. The molecule has 2 saturated heterocycles. The molecule has 2 atom stereocenters. The van der Waals surface area contributed by atoms with E-state index < -0.39 is 5.79 Å². The van der Waals surface area contributed by atoms with Gasteiger partial charge in [0.1, 0.15) is 37.7 Å². The number of ether oxygens (including phenoxy) is 5. The summed E-state index contributed by atoms with van der Waals surface area (Å²) in [6.45, 7) is 9.25. The van der Waals surface area contributed by atoms with Crippen LogP contribution in [-0.4, -0.2) is 103 Å². The zero-order chi connectivity index (χ0) is 36.7. The summed E-state index contributed by atoms with van der Waals surface area (Å²) in [5, 5.41) is 9.22. The number of piperazine rings is 1. The average molecular weight is 771 g/mol. The van der Waals surface area contributed by atoms with Crippen molar-refractivity contribution in [2.75, 3.05) is 75.3 Å². The number of hydrogen-bond donors (Lipinski definition) is 1. The largest absolute Gasteiger partial charge is 0.491 e. The van der Waals surface area contributed by atoms with E-state index in [0.717, 1.165) is 43.3 Å². The molecule has 6 rings (SSSR count). The predicted octanol–water partition coefficient (Wildman–Crippen LogP) is 6.29. The Morgan fingerprint density at radius 2 is 1.63 bits per heavy atom. The van der Waals surface area contributed by atoms with Gasteiger partial charge in [-0.15, -0.1) is 0 Å². The van der Waals surface area contributed by atoms with E-state index >= 15 is 0 Å². The second kappa shape index (κ2) is 17.4. The highest BCUT2D eigenvalue weighted by atomic mass is 35.5. The van der Waals surface area contributed by atoms with Crippen LogP contribution in [0.25, 0.3) is 0 Å². The molecule has 0 unspecified atom stereocenters. The van der Waals surface area contributed by atoms with Gasteiger partial charge < -0.3 is 43.7 Å². The van der Waals surface area contributed by atoms with Gasteiger partial charge in [0, 0.05) is 74.1 Å². The van der Waals surface area contributed by atoms with Crippen molar-refractivity contribution in [3.8, 4) is 5.75 Å². The van der Waals surface area contributed by atoms with Crippen LogP contribution >= 0.6 is 35.4 Å². The lowest BCUT2D eigenvalue weighted by Gasteiger charge is -2.37. The monoisotopic (exact) mass is 769 g/mol. The molecule has 2 aliphatic rings. The molecule has 4 aromatic rings. The molecule has 0 amide bonds. The minimum atomic E-state index is -1.16. The molecule has 278 valence electrons. The average Bonchev–Trinajstić information content (AvgIpc) is 3.82. The third kappa shape index (κ3) is 9.26. The molecule has 12 nitrogen and oxygen atoms in total. The Labute approximate surface area is 320 Å². The highest BCUT2D eigenvalue weighted by Crippen LogP contribution is 2.40. The van der Waals surface area contributed by atoms with Gasteiger partial charge in [0.25, 0.3) is 0 Å². The van der Waals surface area contributed by atoms with E-state index in [-0.39, 0.29) is 25.0 Å². The number of rotatable bonds is 14. The first-order valence-corrected chi connectivity index (χ1v) is 18.4. The summed E-state index contributed by atoms with van der Waals surface area (Å²) in [4.78, 5) is 10.9. The Morgan fingerprint density at radius 3 is 2.21 bits per heavy atom. The molecule has 2 fully saturated rings. The van der Waals surface area contributed by atoms with Gasteiger partial charge in [0.15, 0.2) is 11.4 Å². The number of nitrogens with zero attached hydrogens (tertiary/aromatic N) is 6. The quantitative estimate of drug-likeness (QED) is 0.115. The van der Waals surface area contributed by atoms with Gasteiger partial charge >= 0.3 is 0 Å². The number of nitrogens with one attached hydrogen (secondary N) is 1. The summed E-state index contributed by atoms with van der Waals surface area (Å²) in [6, 6.07) is 22.1. The van der Waals surface area contributed by atoms with Crippen LogP contribution in [0.1, 0.15) is 19.4 Å². The molecule has 0 radical (unpaired) electrons. The SMILES string of the molecule is COC(CN(C(=S)Nc1ccc(N2CCN(c3ccc(OC[C@@H]4CO[C@@](Cn5cncn5)(c5ccc(Cl)cc5Cl)O4)cc3)CC2)cc1)C(C)C)OC. The number of anilines is 3. The molecule has 15 heteroatoms. The Hall–Kier alpha value is -3.69. The number of hydrogen-bond acceptors (Lipinski definition) is 10. The minimum Gasteiger partial charge on any atom is -0.491 e. The fourth-order valence-corrected chi connectivity index (χ4v) is 7.29. The summed E-state index contributed by atoms with van der Waals surface area (Å²) in [5.41, 5.74) is 3.95. The normalized spacial score (nSPS) is 19.0. The van der Waals surface area contributed by atoms with Crippen molar-refractivity contribution in [3.05, 3.63) is 95.0 Å². The summed E-state index contributed by atoms with van der Waals surface area (Å²) in [7, 11) is 3.26. The summed E-state index contributed by atoms with van der Waals surface area (Å²) in [5.74, 6) is -0.401. The van der Waals surface area contributed by atoms with Crippen molar-refractivity contribution in [1.82, 2.24) is 19.7 Å². The second-order valence-electron chi connectivity index (χ2n) is 12.9. The third-order valence-electron chi connectivity index (χ3n) is 9.19. The number of benzene rings is 3. The van der Waals surface area contributed by atoms with E-state index in [0.29, 0.717) is 40.5 Å². The number of aromatic nitrogens is 3. The Morgan fingerprint density at radius 1 is 0.981 bits per heavy atom. The second-order valence-corrected chi connectivity index (χ2v) is 14.2. The van der Waals surface area contributed by atoms with Gasteiger partial charge in [-0.2, -0.15) is 5.10 Å². The zero-order valence-electron chi connectivity index (χ0n) is 29.8. The summed E-state index contributed by atoms with van der Waals surface area (Å²) in [6.07, 6.45) is 2.39. The van der Waals surface area contributed by atoms with E-state index in [9.17, 15) is 0 Å². The lowest BCUT2D eigenvalue weighted by molar-refractivity contribution is -0.190. The van der Waals surface area contributed by atoms with Gasteiger partial charge in [-0.3, -0.25) is 0 Å². The maximum absolute atomic E-state index is 6.59. The fraction of sp³-hybridized carbons (Fsp3) is 0.432. The molecule has 0 spiro atoms. The van der Waals surface area contributed by atoms with Crippen molar-refractivity contribution in [2.24, 2.45) is 0 Å². The molecule has 0 saturated carbocycles. The van der Waals surface area contributed by atoms with Crippen LogP contribution in [-0.2, 0) is 31.3 Å². The molecule has 1 N–H and O–H groups in total. The molecule has 0 bridgehead atoms. The van der Waals surface area contributed by atoms with Crippen LogP contribution in [0.2, 0.25) is 10.0 Å². The molecule has 2 aliphatic heterocycles. The maximum Gasteiger partial charge on any atom is 0.217 e. The number of halogens is 2. The summed E-state index contributed by atoms with van der Waals surface area (Å²) >= 11 is 18.5. The van der Waals surface area contributed by atoms with Gasteiger partial charge in [0.05, 0.1) is 18.2 Å². The molecule has 52 heavy (non-hydrogen) atoms. The molecule has 3 heterocycles. The van der Waals surface area contributed by atoms with Crippen LogP contribution in [0.15, 0.2) is 79.4 Å². The van der Waals surface area contributed by atoms with E-state index in [1.807, 2.05) is 18.2 Å². The number of thiocarbonyl (C=S) groups is 1. The van der Waals surface area contributed by atoms with Gasteiger partial charge in [0.2, 0.25) is 5.79 Å². The molecule has 1 aromatic heterocycles. The summed E-state index contributed by atoms with van der Waals surface area (Å²) < 4.78 is 31.3. The fourth-order valence-electron chi connectivity index (χ4n) is 6.33. The van der Waals surface area contributed by atoms with Crippen LogP contribution in [0.3, 0.4) is 0 Å².